The Kier molecular flexibility index (Phi) is 5.40. The fourth-order valence-electron chi connectivity index (χ4n) is 2.97. The lowest BCUT2D eigenvalue weighted by atomic mass is 10.1. The number of anilines is 2. The Bertz CT molecular complexity index is 1160. The molecule has 1 aromatic carbocycles. The number of aromatic nitrogens is 2. The number of benzene rings is 1. The molecule has 0 unspecified atom stereocenters. The molecule has 3 heterocycles. The average molecular weight is 403 g/mol. The summed E-state index contributed by atoms with van der Waals surface area (Å²) in [5.74, 6) is 0. The number of carbonyl (C=O) groups excluding carboxylic acids is 1. The van der Waals surface area contributed by atoms with E-state index >= 15 is 0 Å². The number of H-pyrrole nitrogens is 1. The van der Waals surface area contributed by atoms with Crippen molar-refractivity contribution < 1.29 is 9.53 Å². The average Bonchev–Trinajstić information content (AvgIpc) is 3.38. The molecule has 0 radical (unpaired) electrons. The summed E-state index contributed by atoms with van der Waals surface area (Å²) in [5, 5.41) is 18.4. The summed E-state index contributed by atoms with van der Waals surface area (Å²) in [7, 11) is 0. The maximum atomic E-state index is 12.5. The Morgan fingerprint density at radius 1 is 1.21 bits per heavy atom. The highest BCUT2D eigenvalue weighted by Crippen LogP contribution is 2.35. The van der Waals surface area contributed by atoms with E-state index in [1.54, 1.807) is 6.20 Å². The molecule has 0 aliphatic rings. The predicted molar refractivity (Wildman–Crippen MR) is 112 cm³/mol. The summed E-state index contributed by atoms with van der Waals surface area (Å²) < 4.78 is 5.52. The van der Waals surface area contributed by atoms with Crippen molar-refractivity contribution in [2.45, 2.75) is 12.5 Å². The number of pyridine rings is 1. The number of hydrogen-bond donors (Lipinski definition) is 3. The van der Waals surface area contributed by atoms with Crippen LogP contribution in [-0.2, 0) is 0 Å². The number of aromatic amines is 1. The van der Waals surface area contributed by atoms with Crippen LogP contribution in [0.2, 0.25) is 0 Å². The van der Waals surface area contributed by atoms with Crippen LogP contribution in [0.15, 0.2) is 66.3 Å². The minimum atomic E-state index is -0.610. The van der Waals surface area contributed by atoms with Crippen molar-refractivity contribution in [3.63, 3.8) is 0 Å². The van der Waals surface area contributed by atoms with Crippen molar-refractivity contribution in [3.8, 4) is 11.1 Å². The molecule has 0 aliphatic carbocycles. The van der Waals surface area contributed by atoms with Gasteiger partial charge >= 0.3 is 6.09 Å². The molecular weight excluding hydrogens is 386 g/mol. The molecule has 0 spiro atoms. The molecule has 144 valence electrons. The number of rotatable bonds is 6. The van der Waals surface area contributed by atoms with Crippen molar-refractivity contribution in [2.75, 3.05) is 5.32 Å². The Labute approximate surface area is 171 Å². The van der Waals surface area contributed by atoms with Crippen LogP contribution in [0.1, 0.15) is 18.0 Å². The molecule has 4 aromatic rings. The number of nitrogens with zero attached hydrogens (tertiary/aromatic N) is 2. The molecule has 3 aromatic heterocycles. The number of ether oxygens (including phenoxy) is 1. The summed E-state index contributed by atoms with van der Waals surface area (Å²) in [6.07, 6.45) is 3.06. The maximum absolute atomic E-state index is 12.5. The molecule has 0 saturated heterocycles. The van der Waals surface area contributed by atoms with E-state index in [1.165, 1.54) is 11.3 Å². The molecular formula is C21H17N5O2S. The topological polar surface area (TPSA) is 103 Å². The summed E-state index contributed by atoms with van der Waals surface area (Å²) in [6.45, 7) is 0. The van der Waals surface area contributed by atoms with E-state index in [4.69, 9.17) is 10.00 Å². The number of thiophene rings is 1. The molecule has 29 heavy (non-hydrogen) atoms. The van der Waals surface area contributed by atoms with Gasteiger partial charge in [0.05, 0.1) is 29.9 Å². The zero-order chi connectivity index (χ0) is 20.1. The van der Waals surface area contributed by atoms with Gasteiger partial charge < -0.3 is 20.4 Å². The Morgan fingerprint density at radius 2 is 2.07 bits per heavy atom. The number of carbonyl (C=O) groups is 1. The van der Waals surface area contributed by atoms with Crippen LogP contribution in [0, 0.1) is 11.3 Å². The van der Waals surface area contributed by atoms with Gasteiger partial charge in [-0.3, -0.25) is 0 Å². The third-order valence-electron chi connectivity index (χ3n) is 4.33. The first kappa shape index (κ1) is 18.5. The van der Waals surface area contributed by atoms with E-state index in [0.717, 1.165) is 22.3 Å². The van der Waals surface area contributed by atoms with E-state index in [9.17, 15) is 4.79 Å². The maximum Gasteiger partial charge on any atom is 0.413 e. The molecule has 0 saturated carbocycles. The molecule has 1 atom stereocenters. The van der Waals surface area contributed by atoms with E-state index in [2.05, 4.69) is 26.7 Å². The predicted octanol–water partition coefficient (Wildman–Crippen LogP) is 5.11. The zero-order valence-electron chi connectivity index (χ0n) is 15.3. The molecule has 8 heteroatoms. The minimum Gasteiger partial charge on any atom is -0.397 e. The SMILES string of the molecule is N#CC[C@@H](NC(=O)Oc1sccc1Nc1ccnc2[nH]ccc12)c1ccccc1. The second kappa shape index (κ2) is 8.46. The smallest absolute Gasteiger partial charge is 0.397 e. The third-order valence-corrected chi connectivity index (χ3v) is 5.12. The highest BCUT2D eigenvalue weighted by molar-refractivity contribution is 7.12. The van der Waals surface area contributed by atoms with Gasteiger partial charge in [-0.2, -0.15) is 5.26 Å². The largest absolute Gasteiger partial charge is 0.413 e. The lowest BCUT2D eigenvalue weighted by Gasteiger charge is -2.16. The third kappa shape index (κ3) is 4.20. The van der Waals surface area contributed by atoms with Crippen molar-refractivity contribution >= 4 is 39.8 Å². The monoisotopic (exact) mass is 403 g/mol. The molecule has 7 nitrogen and oxygen atoms in total. The number of hydrogen-bond acceptors (Lipinski definition) is 6. The second-order valence-electron chi connectivity index (χ2n) is 6.20. The molecule has 0 fully saturated rings. The lowest BCUT2D eigenvalue weighted by molar-refractivity contribution is 0.198. The number of fused-ring (bicyclic) bond motifs is 1. The van der Waals surface area contributed by atoms with Gasteiger partial charge in [-0.05, 0) is 29.1 Å². The van der Waals surface area contributed by atoms with E-state index < -0.39 is 12.1 Å². The van der Waals surface area contributed by atoms with Crippen LogP contribution in [0.3, 0.4) is 0 Å². The number of amides is 1. The molecule has 0 bridgehead atoms. The van der Waals surface area contributed by atoms with Crippen molar-refractivity contribution in [2.24, 2.45) is 0 Å². The Balaban J connectivity index is 1.48. The van der Waals surface area contributed by atoms with E-state index in [-0.39, 0.29) is 6.42 Å². The minimum absolute atomic E-state index is 0.150. The molecule has 4 rings (SSSR count). The number of nitrogens with one attached hydrogen (secondary N) is 3. The summed E-state index contributed by atoms with van der Waals surface area (Å²) >= 11 is 1.31. The van der Waals surface area contributed by atoms with Gasteiger partial charge in [0.25, 0.3) is 0 Å². The normalized spacial score (nSPS) is 11.6. The highest BCUT2D eigenvalue weighted by atomic mass is 32.1. The van der Waals surface area contributed by atoms with Gasteiger partial charge in [0, 0.05) is 17.8 Å². The van der Waals surface area contributed by atoms with Crippen LogP contribution < -0.4 is 15.4 Å². The zero-order valence-corrected chi connectivity index (χ0v) is 16.1. The van der Waals surface area contributed by atoms with Crippen molar-refractivity contribution in [3.05, 3.63) is 71.9 Å². The van der Waals surface area contributed by atoms with Crippen molar-refractivity contribution in [1.29, 1.82) is 5.26 Å². The van der Waals surface area contributed by atoms with Gasteiger partial charge in [-0.25, -0.2) is 9.78 Å². The van der Waals surface area contributed by atoms with Gasteiger partial charge in [0.15, 0.2) is 0 Å². The van der Waals surface area contributed by atoms with E-state index in [1.807, 2.05) is 60.1 Å². The standard InChI is InChI=1S/C21H17N5O2S/c22-10-6-16(14-4-2-1-3-5-14)26-21(27)28-20-18(9-13-29-20)25-17-8-12-24-19-15(17)7-11-23-19/h1-5,7-9,11-13,16H,6H2,(H,26,27)(H2,23,24,25)/t16-/m1/s1. The number of nitriles is 1. The van der Waals surface area contributed by atoms with E-state index in [0.29, 0.717) is 10.8 Å². The van der Waals surface area contributed by atoms with Gasteiger partial charge in [-0.1, -0.05) is 30.3 Å². The van der Waals surface area contributed by atoms with Crippen LogP contribution in [0.4, 0.5) is 16.2 Å². The summed E-state index contributed by atoms with van der Waals surface area (Å²) in [6, 6.07) is 16.6. The van der Waals surface area contributed by atoms with Crippen LogP contribution in [0.25, 0.3) is 11.0 Å². The van der Waals surface area contributed by atoms with Gasteiger partial charge in [0.1, 0.15) is 5.65 Å². The molecule has 3 N–H and O–H groups in total. The quantitative estimate of drug-likeness (QED) is 0.415. The fraction of sp³-hybridized carbons (Fsp3) is 0.0952. The summed E-state index contributed by atoms with van der Waals surface area (Å²) in [4.78, 5) is 19.8. The molecule has 1 amide bonds. The first-order valence-electron chi connectivity index (χ1n) is 8.91. The van der Waals surface area contributed by atoms with Gasteiger partial charge in [0.2, 0.25) is 5.06 Å². The fourth-order valence-corrected chi connectivity index (χ4v) is 3.66. The first-order chi connectivity index (χ1) is 14.2. The molecule has 0 aliphatic heterocycles. The van der Waals surface area contributed by atoms with Gasteiger partial charge in [-0.15, -0.1) is 11.3 Å². The van der Waals surface area contributed by atoms with Crippen LogP contribution in [0.5, 0.6) is 5.06 Å². The Hall–Kier alpha value is -3.83. The highest BCUT2D eigenvalue weighted by Gasteiger charge is 2.18. The van der Waals surface area contributed by atoms with Crippen LogP contribution in [-0.4, -0.2) is 16.1 Å². The Morgan fingerprint density at radius 3 is 2.90 bits per heavy atom. The lowest BCUT2D eigenvalue weighted by Crippen LogP contribution is -2.30. The first-order valence-corrected chi connectivity index (χ1v) is 9.79. The van der Waals surface area contributed by atoms with Crippen molar-refractivity contribution in [1.82, 2.24) is 15.3 Å². The second-order valence-corrected chi connectivity index (χ2v) is 7.08. The van der Waals surface area contributed by atoms with Crippen LogP contribution >= 0.6 is 11.3 Å². The summed E-state index contributed by atoms with van der Waals surface area (Å²) in [5.41, 5.74) is 3.15.